The first-order chi connectivity index (χ1) is 11.8. The Balaban J connectivity index is 1.53. The summed E-state index contributed by atoms with van der Waals surface area (Å²) in [6, 6.07) is 4.36. The van der Waals surface area contributed by atoms with Crippen LogP contribution in [-0.4, -0.2) is 65.7 Å². The van der Waals surface area contributed by atoms with E-state index in [0.29, 0.717) is 17.0 Å². The van der Waals surface area contributed by atoms with Gasteiger partial charge in [0, 0.05) is 48.6 Å². The first-order valence-electron chi connectivity index (χ1n) is 9.04. The summed E-state index contributed by atoms with van der Waals surface area (Å²) in [5.74, 6) is 1.16. The fraction of sp³-hybridized carbons (Fsp3) is 0.667. The van der Waals surface area contributed by atoms with Crippen LogP contribution < -0.4 is 4.90 Å². The van der Waals surface area contributed by atoms with Crippen LogP contribution in [0.1, 0.15) is 36.2 Å². The molecule has 0 bridgehead atoms. The molecule has 0 aromatic carbocycles. The van der Waals surface area contributed by atoms with E-state index in [4.69, 9.17) is 4.74 Å². The van der Waals surface area contributed by atoms with Crippen molar-refractivity contribution in [1.82, 2.24) is 9.88 Å². The fourth-order valence-electron chi connectivity index (χ4n) is 4.05. The van der Waals surface area contributed by atoms with Gasteiger partial charge in [-0.05, 0) is 25.0 Å². The van der Waals surface area contributed by atoms with Crippen molar-refractivity contribution >= 4 is 23.4 Å². The number of amides is 1. The number of rotatable bonds is 2. The predicted molar refractivity (Wildman–Crippen MR) is 96.8 cm³/mol. The van der Waals surface area contributed by atoms with Crippen molar-refractivity contribution < 1.29 is 9.53 Å². The molecule has 1 amide bonds. The zero-order valence-electron chi connectivity index (χ0n) is 14.0. The van der Waals surface area contributed by atoms with E-state index in [1.165, 1.54) is 19.3 Å². The zero-order valence-corrected chi connectivity index (χ0v) is 14.8. The van der Waals surface area contributed by atoms with Crippen LogP contribution in [0.15, 0.2) is 18.3 Å². The van der Waals surface area contributed by atoms with Crippen LogP contribution in [0, 0.1) is 0 Å². The van der Waals surface area contributed by atoms with Gasteiger partial charge in [0.05, 0.1) is 13.2 Å². The Morgan fingerprint density at radius 3 is 2.92 bits per heavy atom. The van der Waals surface area contributed by atoms with E-state index in [1.54, 1.807) is 6.20 Å². The topological polar surface area (TPSA) is 45.7 Å². The van der Waals surface area contributed by atoms with Crippen LogP contribution in [0.2, 0.25) is 0 Å². The van der Waals surface area contributed by atoms with E-state index in [1.807, 2.05) is 12.1 Å². The minimum atomic E-state index is 0.113. The Bertz CT molecular complexity index is 589. The van der Waals surface area contributed by atoms with E-state index in [0.717, 1.165) is 50.7 Å². The maximum absolute atomic E-state index is 13.1. The Kier molecular flexibility index (Phi) is 4.94. The van der Waals surface area contributed by atoms with Gasteiger partial charge in [0.1, 0.15) is 5.69 Å². The number of fused-ring (bicyclic) bond motifs is 1. The van der Waals surface area contributed by atoms with Gasteiger partial charge in [0.2, 0.25) is 0 Å². The van der Waals surface area contributed by atoms with E-state index in [-0.39, 0.29) is 5.91 Å². The van der Waals surface area contributed by atoms with Gasteiger partial charge in [-0.25, -0.2) is 0 Å². The molecule has 0 N–H and O–H groups in total. The number of ether oxygens (including phenoxy) is 1. The molecular formula is C18H25N3O2S. The maximum Gasteiger partial charge on any atom is 0.272 e. The number of carbonyl (C=O) groups excluding carboxylic acids is 1. The Hall–Kier alpha value is -1.27. The number of nitrogens with zero attached hydrogens (tertiary/aromatic N) is 3. The van der Waals surface area contributed by atoms with Crippen LogP contribution in [0.3, 0.4) is 0 Å². The van der Waals surface area contributed by atoms with Gasteiger partial charge < -0.3 is 14.5 Å². The van der Waals surface area contributed by atoms with Gasteiger partial charge in [-0.3, -0.25) is 9.78 Å². The van der Waals surface area contributed by atoms with Crippen molar-refractivity contribution in [2.24, 2.45) is 0 Å². The lowest BCUT2D eigenvalue weighted by molar-refractivity contribution is 0.0640. The quantitative estimate of drug-likeness (QED) is 0.822. The Labute approximate surface area is 147 Å². The molecule has 5 nitrogen and oxygen atoms in total. The highest BCUT2D eigenvalue weighted by Crippen LogP contribution is 2.36. The first-order valence-corrected chi connectivity index (χ1v) is 10.1. The fourth-order valence-corrected chi connectivity index (χ4v) is 5.49. The van der Waals surface area contributed by atoms with Gasteiger partial charge in [0.25, 0.3) is 5.91 Å². The minimum Gasteiger partial charge on any atom is -0.378 e. The molecule has 0 radical (unpaired) electrons. The number of hydrogen-bond acceptors (Lipinski definition) is 5. The van der Waals surface area contributed by atoms with E-state index >= 15 is 0 Å². The summed E-state index contributed by atoms with van der Waals surface area (Å²) in [6.45, 7) is 4.11. The van der Waals surface area contributed by atoms with Crippen LogP contribution in [-0.2, 0) is 4.74 Å². The second-order valence-electron chi connectivity index (χ2n) is 6.76. The van der Waals surface area contributed by atoms with Gasteiger partial charge in [-0.2, -0.15) is 11.8 Å². The van der Waals surface area contributed by atoms with Gasteiger partial charge >= 0.3 is 0 Å². The lowest BCUT2D eigenvalue weighted by Crippen LogP contribution is -2.51. The number of pyridine rings is 1. The third-order valence-electron chi connectivity index (χ3n) is 5.33. The van der Waals surface area contributed by atoms with Crippen LogP contribution >= 0.6 is 11.8 Å². The van der Waals surface area contributed by atoms with Crippen LogP contribution in [0.5, 0.6) is 0 Å². The second-order valence-corrected chi connectivity index (χ2v) is 8.11. The van der Waals surface area contributed by atoms with Crippen molar-refractivity contribution in [2.75, 3.05) is 43.5 Å². The molecule has 0 unspecified atom stereocenters. The molecule has 0 spiro atoms. The molecule has 6 heteroatoms. The summed E-state index contributed by atoms with van der Waals surface area (Å²) in [5.41, 5.74) is 1.68. The summed E-state index contributed by atoms with van der Waals surface area (Å²) in [4.78, 5) is 21.9. The third kappa shape index (κ3) is 3.26. The summed E-state index contributed by atoms with van der Waals surface area (Å²) in [7, 11) is 0. The van der Waals surface area contributed by atoms with Gasteiger partial charge in [-0.1, -0.05) is 12.8 Å². The van der Waals surface area contributed by atoms with Crippen molar-refractivity contribution in [3.63, 3.8) is 0 Å². The van der Waals surface area contributed by atoms with E-state index in [9.17, 15) is 4.79 Å². The molecule has 3 aliphatic rings. The molecule has 2 atom stereocenters. The van der Waals surface area contributed by atoms with E-state index in [2.05, 4.69) is 26.5 Å². The highest BCUT2D eigenvalue weighted by molar-refractivity contribution is 8.00. The standard InChI is InChI=1S/C18H25N3O2S/c22-18(21-9-12-24-17-4-2-1-3-16(17)21)15-13-14(5-6-19-15)20-7-10-23-11-8-20/h5-6,13,16-17H,1-4,7-12H2/t16-,17+/m1/s1. The van der Waals surface area contributed by atoms with Crippen molar-refractivity contribution in [2.45, 2.75) is 37.0 Å². The zero-order chi connectivity index (χ0) is 16.4. The van der Waals surface area contributed by atoms with E-state index < -0.39 is 0 Å². The molecule has 2 saturated heterocycles. The normalized spacial score (nSPS) is 27.7. The number of carbonyl (C=O) groups is 1. The second kappa shape index (κ2) is 7.31. The van der Waals surface area contributed by atoms with Crippen LogP contribution in [0.4, 0.5) is 5.69 Å². The Morgan fingerprint density at radius 1 is 1.21 bits per heavy atom. The molecule has 1 aromatic heterocycles. The number of morpholine rings is 1. The molecule has 3 fully saturated rings. The lowest BCUT2D eigenvalue weighted by atomic mass is 9.93. The highest BCUT2D eigenvalue weighted by Gasteiger charge is 2.37. The third-order valence-corrected chi connectivity index (χ3v) is 6.73. The molecule has 24 heavy (non-hydrogen) atoms. The predicted octanol–water partition coefficient (Wildman–Crippen LogP) is 2.42. The molecule has 1 saturated carbocycles. The molecule has 1 aromatic rings. The molecule has 130 valence electrons. The summed E-state index contributed by atoms with van der Waals surface area (Å²) in [6.07, 6.45) is 6.72. The maximum atomic E-state index is 13.1. The van der Waals surface area contributed by atoms with Gasteiger partial charge in [-0.15, -0.1) is 0 Å². The largest absolute Gasteiger partial charge is 0.378 e. The van der Waals surface area contributed by atoms with Crippen LogP contribution in [0.25, 0.3) is 0 Å². The van der Waals surface area contributed by atoms with Crippen molar-refractivity contribution in [3.8, 4) is 0 Å². The van der Waals surface area contributed by atoms with Crippen molar-refractivity contribution in [3.05, 3.63) is 24.0 Å². The number of thioether (sulfide) groups is 1. The minimum absolute atomic E-state index is 0.113. The summed E-state index contributed by atoms with van der Waals surface area (Å²) < 4.78 is 5.42. The summed E-state index contributed by atoms with van der Waals surface area (Å²) >= 11 is 2.05. The molecule has 1 aliphatic carbocycles. The monoisotopic (exact) mass is 347 g/mol. The smallest absolute Gasteiger partial charge is 0.272 e. The lowest BCUT2D eigenvalue weighted by Gasteiger charge is -2.43. The molecule has 2 aliphatic heterocycles. The summed E-state index contributed by atoms with van der Waals surface area (Å²) in [5, 5.41) is 0.624. The average Bonchev–Trinajstić information content (AvgIpc) is 2.68. The first kappa shape index (κ1) is 16.2. The molecule has 3 heterocycles. The average molecular weight is 347 g/mol. The number of hydrogen-bond donors (Lipinski definition) is 0. The van der Waals surface area contributed by atoms with Crippen molar-refractivity contribution in [1.29, 1.82) is 0 Å². The number of aromatic nitrogens is 1. The number of anilines is 1. The Morgan fingerprint density at radius 2 is 2.04 bits per heavy atom. The SMILES string of the molecule is O=C(c1cc(N2CCOCC2)ccn1)N1CCS[C@H]2CCCC[C@H]21. The highest BCUT2D eigenvalue weighted by atomic mass is 32.2. The molecular weight excluding hydrogens is 322 g/mol. The van der Waals surface area contributed by atoms with Gasteiger partial charge in [0.15, 0.2) is 0 Å². The molecule has 4 rings (SSSR count).